The summed E-state index contributed by atoms with van der Waals surface area (Å²) in [5.41, 5.74) is 1.82. The molecule has 0 radical (unpaired) electrons. The van der Waals surface area contributed by atoms with Crippen molar-refractivity contribution >= 4 is 15.9 Å². The number of aryl methyl sites for hydroxylation is 1. The number of hydrogen-bond acceptors (Lipinski definition) is 4. The monoisotopic (exact) mass is 432 g/mol. The molecule has 0 saturated carbocycles. The summed E-state index contributed by atoms with van der Waals surface area (Å²) in [5, 5.41) is 2.87. The van der Waals surface area contributed by atoms with Gasteiger partial charge in [0, 0.05) is 25.6 Å². The van der Waals surface area contributed by atoms with E-state index >= 15 is 0 Å². The first kappa shape index (κ1) is 24.1. The van der Waals surface area contributed by atoms with Gasteiger partial charge in [-0.3, -0.25) is 4.79 Å². The Labute approximate surface area is 180 Å². The molecule has 30 heavy (non-hydrogen) atoms. The zero-order valence-corrected chi connectivity index (χ0v) is 18.7. The number of rotatable bonds is 12. The minimum atomic E-state index is -3.62. The second-order valence-corrected chi connectivity index (χ2v) is 9.23. The van der Waals surface area contributed by atoms with Gasteiger partial charge in [-0.05, 0) is 56.9 Å². The largest absolute Gasteiger partial charge is 0.379 e. The molecular weight excluding hydrogens is 400 g/mol. The second-order valence-electron chi connectivity index (χ2n) is 7.52. The van der Waals surface area contributed by atoms with Crippen LogP contribution >= 0.6 is 0 Å². The first-order chi connectivity index (χ1) is 14.3. The molecule has 0 aromatic heterocycles. The van der Waals surface area contributed by atoms with Crippen LogP contribution in [0.1, 0.15) is 50.8 Å². The summed E-state index contributed by atoms with van der Waals surface area (Å²) in [6.45, 7) is 7.00. The number of nitrogens with one attached hydrogen (secondary N) is 2. The molecule has 0 unspecified atom stereocenters. The Hall–Kier alpha value is -2.22. The van der Waals surface area contributed by atoms with Crippen LogP contribution < -0.4 is 10.0 Å². The number of benzene rings is 2. The summed E-state index contributed by atoms with van der Waals surface area (Å²) in [7, 11) is -3.62. The highest BCUT2D eigenvalue weighted by molar-refractivity contribution is 7.89. The minimum Gasteiger partial charge on any atom is -0.379 e. The fraction of sp³-hybridized carbons (Fsp3) is 0.435. The summed E-state index contributed by atoms with van der Waals surface area (Å²) in [6.07, 6.45) is 1.90. The molecule has 164 valence electrons. The van der Waals surface area contributed by atoms with Gasteiger partial charge < -0.3 is 10.1 Å². The second kappa shape index (κ2) is 11.8. The maximum absolute atomic E-state index is 12.6. The average molecular weight is 433 g/mol. The Morgan fingerprint density at radius 1 is 1.00 bits per heavy atom. The number of carbonyl (C=O) groups excluding carboxylic acids is 1. The SMILES string of the molecule is CC(C)OCCCNC(=O)CCc1ccc(S(=O)(=O)N[C@H](C)c2ccccc2)cc1. The van der Waals surface area contributed by atoms with Crippen molar-refractivity contribution in [3.63, 3.8) is 0 Å². The molecule has 0 spiro atoms. The van der Waals surface area contributed by atoms with Gasteiger partial charge in [0.2, 0.25) is 15.9 Å². The van der Waals surface area contributed by atoms with Gasteiger partial charge in [0.15, 0.2) is 0 Å². The van der Waals surface area contributed by atoms with E-state index in [1.807, 2.05) is 51.1 Å². The molecule has 2 aromatic rings. The summed E-state index contributed by atoms with van der Waals surface area (Å²) in [4.78, 5) is 12.1. The van der Waals surface area contributed by atoms with Crippen LogP contribution in [0.2, 0.25) is 0 Å². The minimum absolute atomic E-state index is 0.0189. The van der Waals surface area contributed by atoms with Gasteiger partial charge in [-0.1, -0.05) is 42.5 Å². The van der Waals surface area contributed by atoms with Gasteiger partial charge >= 0.3 is 0 Å². The Bertz CT molecular complexity index is 881. The molecule has 0 bridgehead atoms. The quantitative estimate of drug-likeness (QED) is 0.502. The van der Waals surface area contributed by atoms with Crippen LogP contribution in [-0.4, -0.2) is 33.6 Å². The van der Waals surface area contributed by atoms with Crippen molar-refractivity contribution in [1.82, 2.24) is 10.0 Å². The van der Waals surface area contributed by atoms with E-state index in [2.05, 4.69) is 10.0 Å². The molecule has 2 aromatic carbocycles. The van der Waals surface area contributed by atoms with E-state index in [1.165, 1.54) is 0 Å². The van der Waals surface area contributed by atoms with Crippen molar-refractivity contribution in [1.29, 1.82) is 0 Å². The van der Waals surface area contributed by atoms with Crippen molar-refractivity contribution in [2.24, 2.45) is 0 Å². The molecule has 0 aliphatic heterocycles. The lowest BCUT2D eigenvalue weighted by molar-refractivity contribution is -0.121. The molecular formula is C23H32N2O4S. The van der Waals surface area contributed by atoms with Crippen molar-refractivity contribution in [2.45, 2.75) is 57.1 Å². The van der Waals surface area contributed by atoms with Gasteiger partial charge in [-0.25, -0.2) is 13.1 Å². The van der Waals surface area contributed by atoms with Gasteiger partial charge in [-0.15, -0.1) is 0 Å². The molecule has 1 atom stereocenters. The fourth-order valence-electron chi connectivity index (χ4n) is 2.91. The molecule has 7 heteroatoms. The molecule has 0 saturated heterocycles. The molecule has 1 amide bonds. The third-order valence-corrected chi connectivity index (χ3v) is 6.16. The van der Waals surface area contributed by atoms with Gasteiger partial charge in [0.05, 0.1) is 11.0 Å². The molecule has 2 rings (SSSR count). The lowest BCUT2D eigenvalue weighted by Crippen LogP contribution is -2.27. The van der Waals surface area contributed by atoms with Crippen molar-refractivity contribution in [2.75, 3.05) is 13.2 Å². The van der Waals surface area contributed by atoms with E-state index in [1.54, 1.807) is 24.3 Å². The maximum atomic E-state index is 12.6. The highest BCUT2D eigenvalue weighted by Crippen LogP contribution is 2.17. The average Bonchev–Trinajstić information content (AvgIpc) is 2.72. The van der Waals surface area contributed by atoms with Crippen LogP contribution in [0.3, 0.4) is 0 Å². The molecule has 0 aliphatic carbocycles. The van der Waals surface area contributed by atoms with Crippen molar-refractivity contribution < 1.29 is 17.9 Å². The summed E-state index contributed by atoms with van der Waals surface area (Å²) < 4.78 is 33.4. The number of carbonyl (C=O) groups is 1. The smallest absolute Gasteiger partial charge is 0.241 e. The van der Waals surface area contributed by atoms with E-state index in [0.29, 0.717) is 26.0 Å². The molecule has 0 fully saturated rings. The topological polar surface area (TPSA) is 84.5 Å². The lowest BCUT2D eigenvalue weighted by atomic mass is 10.1. The standard InChI is InChI=1S/C23H32N2O4S/c1-18(2)29-17-7-16-24-23(26)15-12-20-10-13-22(14-11-20)30(27,28)25-19(3)21-8-5-4-6-9-21/h4-6,8-11,13-14,18-19,25H,7,12,15-17H2,1-3H3,(H,24,26)/t19-/m1/s1. The third kappa shape index (κ3) is 8.26. The molecule has 0 aliphatic rings. The van der Waals surface area contributed by atoms with Crippen LogP contribution in [0.4, 0.5) is 0 Å². The number of ether oxygens (including phenoxy) is 1. The van der Waals surface area contributed by atoms with E-state index in [0.717, 1.165) is 17.5 Å². The number of hydrogen-bond donors (Lipinski definition) is 2. The Morgan fingerprint density at radius 2 is 1.67 bits per heavy atom. The molecule has 2 N–H and O–H groups in total. The van der Waals surface area contributed by atoms with Gasteiger partial charge in [-0.2, -0.15) is 0 Å². The molecule has 6 nitrogen and oxygen atoms in total. The van der Waals surface area contributed by atoms with Crippen molar-refractivity contribution in [3.8, 4) is 0 Å². The van der Waals surface area contributed by atoms with E-state index < -0.39 is 10.0 Å². The normalized spacial score (nSPS) is 12.7. The summed E-state index contributed by atoms with van der Waals surface area (Å²) in [6, 6.07) is 15.8. The van der Waals surface area contributed by atoms with E-state index in [9.17, 15) is 13.2 Å². The Balaban J connectivity index is 1.80. The number of amides is 1. The fourth-order valence-corrected chi connectivity index (χ4v) is 4.14. The predicted molar refractivity (Wildman–Crippen MR) is 119 cm³/mol. The summed E-state index contributed by atoms with van der Waals surface area (Å²) in [5.74, 6) is -0.0189. The van der Waals surface area contributed by atoms with E-state index in [4.69, 9.17) is 4.74 Å². The zero-order chi connectivity index (χ0) is 22.0. The number of sulfonamides is 1. The van der Waals surface area contributed by atoms with Crippen LogP contribution in [0.5, 0.6) is 0 Å². The zero-order valence-electron chi connectivity index (χ0n) is 17.9. The van der Waals surface area contributed by atoms with Gasteiger partial charge in [0.1, 0.15) is 0 Å². The predicted octanol–water partition coefficient (Wildman–Crippen LogP) is 3.59. The highest BCUT2D eigenvalue weighted by atomic mass is 32.2. The first-order valence-corrected chi connectivity index (χ1v) is 11.8. The van der Waals surface area contributed by atoms with Crippen LogP contribution in [0, 0.1) is 0 Å². The van der Waals surface area contributed by atoms with Gasteiger partial charge in [0.25, 0.3) is 0 Å². The lowest BCUT2D eigenvalue weighted by Gasteiger charge is -2.15. The first-order valence-electron chi connectivity index (χ1n) is 10.3. The van der Waals surface area contributed by atoms with E-state index in [-0.39, 0.29) is 22.9 Å². The Morgan fingerprint density at radius 3 is 2.30 bits per heavy atom. The van der Waals surface area contributed by atoms with Crippen LogP contribution in [-0.2, 0) is 26.0 Å². The Kier molecular flexibility index (Phi) is 9.49. The van der Waals surface area contributed by atoms with Crippen LogP contribution in [0.15, 0.2) is 59.5 Å². The summed E-state index contributed by atoms with van der Waals surface area (Å²) >= 11 is 0. The highest BCUT2D eigenvalue weighted by Gasteiger charge is 2.18. The third-order valence-electron chi connectivity index (χ3n) is 4.60. The van der Waals surface area contributed by atoms with Crippen molar-refractivity contribution in [3.05, 3.63) is 65.7 Å². The maximum Gasteiger partial charge on any atom is 0.241 e. The molecule has 0 heterocycles. The van der Waals surface area contributed by atoms with Crippen LogP contribution in [0.25, 0.3) is 0 Å².